The van der Waals surface area contributed by atoms with Gasteiger partial charge in [-0.15, -0.1) is 0 Å². The van der Waals surface area contributed by atoms with Crippen LogP contribution >= 0.6 is 0 Å². The number of nitrogens with one attached hydrogen (secondary N) is 1. The predicted octanol–water partition coefficient (Wildman–Crippen LogP) is 2.08. The second-order valence-electron chi connectivity index (χ2n) is 4.06. The van der Waals surface area contributed by atoms with Gasteiger partial charge in [0.15, 0.2) is 0 Å². The fourth-order valence-corrected chi connectivity index (χ4v) is 2.85. The van der Waals surface area contributed by atoms with Crippen molar-refractivity contribution in [2.24, 2.45) is 0 Å². The maximum absolute atomic E-state index is 12.0. The predicted molar refractivity (Wildman–Crippen MR) is 67.8 cm³/mol. The third kappa shape index (κ3) is 3.44. The SMILES string of the molecule is CC[C@@H](C)NS(=O)(=O)c1ccc(OC)c(C)c1. The Morgan fingerprint density at radius 2 is 2.06 bits per heavy atom. The van der Waals surface area contributed by atoms with Crippen molar-refractivity contribution in [3.05, 3.63) is 23.8 Å². The van der Waals surface area contributed by atoms with Crippen LogP contribution in [0.5, 0.6) is 5.75 Å². The highest BCUT2D eigenvalue weighted by Gasteiger charge is 2.17. The van der Waals surface area contributed by atoms with Crippen LogP contribution in [0.1, 0.15) is 25.8 Å². The normalized spacial score (nSPS) is 13.4. The standard InChI is InChI=1S/C12H19NO3S/c1-5-10(3)13-17(14,15)11-6-7-12(16-4)9(2)8-11/h6-8,10,13H,5H2,1-4H3/t10-/m1/s1. The molecule has 1 rings (SSSR count). The molecule has 17 heavy (non-hydrogen) atoms. The van der Waals surface area contributed by atoms with Crippen molar-refractivity contribution >= 4 is 10.0 Å². The molecule has 0 heterocycles. The van der Waals surface area contributed by atoms with Crippen molar-refractivity contribution in [2.45, 2.75) is 38.1 Å². The fourth-order valence-electron chi connectivity index (χ4n) is 1.43. The maximum atomic E-state index is 12.0. The largest absolute Gasteiger partial charge is 0.496 e. The molecule has 0 radical (unpaired) electrons. The van der Waals surface area contributed by atoms with Crippen LogP contribution in [-0.4, -0.2) is 21.6 Å². The van der Waals surface area contributed by atoms with Crippen LogP contribution in [0.15, 0.2) is 23.1 Å². The first kappa shape index (κ1) is 14.0. The molecule has 0 saturated carbocycles. The molecule has 1 N–H and O–H groups in total. The molecule has 0 aliphatic rings. The van der Waals surface area contributed by atoms with Gasteiger partial charge in [0.05, 0.1) is 12.0 Å². The zero-order chi connectivity index (χ0) is 13.1. The highest BCUT2D eigenvalue weighted by atomic mass is 32.2. The van der Waals surface area contributed by atoms with E-state index in [1.165, 1.54) is 0 Å². The number of methoxy groups -OCH3 is 1. The maximum Gasteiger partial charge on any atom is 0.240 e. The van der Waals surface area contributed by atoms with Crippen LogP contribution in [0.3, 0.4) is 0 Å². The molecule has 0 aliphatic heterocycles. The van der Waals surface area contributed by atoms with E-state index in [4.69, 9.17) is 4.74 Å². The molecule has 0 bridgehead atoms. The van der Waals surface area contributed by atoms with E-state index in [0.29, 0.717) is 5.75 Å². The molecule has 0 aliphatic carbocycles. The number of ether oxygens (including phenoxy) is 1. The molecule has 1 aromatic rings. The molecule has 4 nitrogen and oxygen atoms in total. The summed E-state index contributed by atoms with van der Waals surface area (Å²) in [5.74, 6) is 0.687. The van der Waals surface area contributed by atoms with E-state index in [-0.39, 0.29) is 10.9 Å². The van der Waals surface area contributed by atoms with Crippen molar-refractivity contribution in [3.63, 3.8) is 0 Å². The lowest BCUT2D eigenvalue weighted by Gasteiger charge is -2.13. The van der Waals surface area contributed by atoms with Gasteiger partial charge >= 0.3 is 0 Å². The summed E-state index contributed by atoms with van der Waals surface area (Å²) in [5.41, 5.74) is 0.805. The summed E-state index contributed by atoms with van der Waals surface area (Å²) in [5, 5.41) is 0. The van der Waals surface area contributed by atoms with Crippen molar-refractivity contribution in [3.8, 4) is 5.75 Å². The van der Waals surface area contributed by atoms with Gasteiger partial charge in [-0.3, -0.25) is 0 Å². The fraction of sp³-hybridized carbons (Fsp3) is 0.500. The molecule has 0 unspecified atom stereocenters. The van der Waals surface area contributed by atoms with Gasteiger partial charge in [-0.05, 0) is 44.0 Å². The van der Waals surface area contributed by atoms with E-state index in [1.54, 1.807) is 25.3 Å². The minimum Gasteiger partial charge on any atom is -0.496 e. The minimum atomic E-state index is -3.42. The number of hydrogen-bond donors (Lipinski definition) is 1. The molecule has 0 spiro atoms. The van der Waals surface area contributed by atoms with Crippen LogP contribution in [0.2, 0.25) is 0 Å². The molecule has 1 atom stereocenters. The Morgan fingerprint density at radius 3 is 2.53 bits per heavy atom. The second kappa shape index (κ2) is 5.51. The van der Waals surface area contributed by atoms with Gasteiger partial charge < -0.3 is 4.74 Å². The minimum absolute atomic E-state index is 0.0672. The Kier molecular flexibility index (Phi) is 4.54. The van der Waals surface area contributed by atoms with Crippen LogP contribution in [0.25, 0.3) is 0 Å². The summed E-state index contributed by atoms with van der Waals surface area (Å²) in [7, 11) is -1.86. The van der Waals surface area contributed by atoms with Gasteiger partial charge in [0.2, 0.25) is 10.0 Å². The molecule has 0 fully saturated rings. The van der Waals surface area contributed by atoms with Crippen molar-refractivity contribution < 1.29 is 13.2 Å². The van der Waals surface area contributed by atoms with Gasteiger partial charge in [-0.25, -0.2) is 13.1 Å². The van der Waals surface area contributed by atoms with Crippen molar-refractivity contribution in [1.29, 1.82) is 0 Å². The second-order valence-corrected chi connectivity index (χ2v) is 5.78. The lowest BCUT2D eigenvalue weighted by atomic mass is 10.2. The Labute approximate surface area is 103 Å². The Hall–Kier alpha value is -1.07. The van der Waals surface area contributed by atoms with E-state index in [0.717, 1.165) is 12.0 Å². The van der Waals surface area contributed by atoms with Crippen LogP contribution < -0.4 is 9.46 Å². The number of benzene rings is 1. The third-order valence-electron chi connectivity index (χ3n) is 2.65. The molecular weight excluding hydrogens is 238 g/mol. The highest BCUT2D eigenvalue weighted by Crippen LogP contribution is 2.21. The van der Waals surface area contributed by atoms with E-state index in [1.807, 2.05) is 20.8 Å². The number of aryl methyl sites for hydroxylation is 1. The monoisotopic (exact) mass is 257 g/mol. The Bertz CT molecular complexity index is 483. The van der Waals surface area contributed by atoms with E-state index >= 15 is 0 Å². The quantitative estimate of drug-likeness (QED) is 0.878. The van der Waals surface area contributed by atoms with Gasteiger partial charge in [-0.2, -0.15) is 0 Å². The van der Waals surface area contributed by atoms with E-state index in [2.05, 4.69) is 4.72 Å². The Balaban J connectivity index is 3.04. The molecular formula is C12H19NO3S. The first-order chi connectivity index (χ1) is 7.90. The van der Waals surface area contributed by atoms with Gasteiger partial charge in [-0.1, -0.05) is 6.92 Å². The van der Waals surface area contributed by atoms with Gasteiger partial charge in [0.25, 0.3) is 0 Å². The average Bonchev–Trinajstić information content (AvgIpc) is 2.28. The first-order valence-corrected chi connectivity index (χ1v) is 7.06. The highest BCUT2D eigenvalue weighted by molar-refractivity contribution is 7.89. The van der Waals surface area contributed by atoms with Crippen molar-refractivity contribution in [2.75, 3.05) is 7.11 Å². The van der Waals surface area contributed by atoms with Crippen LogP contribution in [0.4, 0.5) is 0 Å². The summed E-state index contributed by atoms with van der Waals surface area (Å²) in [6, 6.07) is 4.77. The average molecular weight is 257 g/mol. The lowest BCUT2D eigenvalue weighted by molar-refractivity contribution is 0.411. The number of sulfonamides is 1. The van der Waals surface area contributed by atoms with Gasteiger partial charge in [0, 0.05) is 6.04 Å². The summed E-state index contributed by atoms with van der Waals surface area (Å²) < 4.78 is 31.7. The molecule has 0 amide bonds. The summed E-state index contributed by atoms with van der Waals surface area (Å²) >= 11 is 0. The summed E-state index contributed by atoms with van der Waals surface area (Å²) in [6.07, 6.45) is 0.758. The van der Waals surface area contributed by atoms with E-state index in [9.17, 15) is 8.42 Å². The molecule has 96 valence electrons. The summed E-state index contributed by atoms with van der Waals surface area (Å²) in [4.78, 5) is 0.274. The van der Waals surface area contributed by atoms with Crippen LogP contribution in [0, 0.1) is 6.92 Å². The first-order valence-electron chi connectivity index (χ1n) is 5.57. The number of rotatable bonds is 5. The van der Waals surface area contributed by atoms with E-state index < -0.39 is 10.0 Å². The molecule has 5 heteroatoms. The molecule has 1 aromatic carbocycles. The number of hydrogen-bond acceptors (Lipinski definition) is 3. The zero-order valence-corrected chi connectivity index (χ0v) is 11.5. The van der Waals surface area contributed by atoms with Gasteiger partial charge in [0.1, 0.15) is 5.75 Å². The van der Waals surface area contributed by atoms with Crippen LogP contribution in [-0.2, 0) is 10.0 Å². The summed E-state index contributed by atoms with van der Waals surface area (Å²) in [6.45, 7) is 5.60. The van der Waals surface area contributed by atoms with Crippen molar-refractivity contribution in [1.82, 2.24) is 4.72 Å². The Morgan fingerprint density at radius 1 is 1.41 bits per heavy atom. The molecule has 0 aromatic heterocycles. The zero-order valence-electron chi connectivity index (χ0n) is 10.6. The smallest absolute Gasteiger partial charge is 0.240 e. The third-order valence-corrected chi connectivity index (χ3v) is 4.23. The topological polar surface area (TPSA) is 55.4 Å². The lowest BCUT2D eigenvalue weighted by Crippen LogP contribution is -2.32. The molecule has 0 saturated heterocycles.